The average Bonchev–Trinajstić information content (AvgIpc) is 3.16. The van der Waals surface area contributed by atoms with Crippen LogP contribution >= 0.6 is 0 Å². The molecular weight excluding hydrogens is 440 g/mol. The maximum absolute atomic E-state index is 13.1. The molecule has 10 nitrogen and oxygen atoms in total. The van der Waals surface area contributed by atoms with Crippen molar-refractivity contribution in [1.82, 2.24) is 28.8 Å². The first-order valence-electron chi connectivity index (χ1n) is 11.0. The third-order valence-electron chi connectivity index (χ3n) is 5.57. The quantitative estimate of drug-likeness (QED) is 0.586. The maximum atomic E-state index is 13.1. The highest BCUT2D eigenvalue weighted by Gasteiger charge is 2.31. The van der Waals surface area contributed by atoms with Gasteiger partial charge in [0.2, 0.25) is 0 Å². The van der Waals surface area contributed by atoms with Gasteiger partial charge in [0, 0.05) is 57.6 Å². The van der Waals surface area contributed by atoms with E-state index in [-0.39, 0.29) is 10.9 Å². The molecule has 0 unspecified atom stereocenters. The molecule has 1 saturated heterocycles. The Balaban J connectivity index is 1.47. The van der Waals surface area contributed by atoms with Gasteiger partial charge >= 0.3 is 0 Å². The van der Waals surface area contributed by atoms with E-state index in [1.807, 2.05) is 52.9 Å². The monoisotopic (exact) mass is 470 g/mol. The first kappa shape index (κ1) is 23.1. The lowest BCUT2D eigenvalue weighted by Crippen LogP contribution is -2.49. The summed E-state index contributed by atoms with van der Waals surface area (Å²) >= 11 is 0. The highest BCUT2D eigenvalue weighted by Crippen LogP contribution is 2.24. The van der Waals surface area contributed by atoms with Gasteiger partial charge in [-0.2, -0.15) is 4.31 Å². The van der Waals surface area contributed by atoms with Crippen molar-refractivity contribution in [3.05, 3.63) is 47.8 Å². The van der Waals surface area contributed by atoms with Crippen molar-refractivity contribution in [3.8, 4) is 0 Å². The van der Waals surface area contributed by atoms with E-state index in [2.05, 4.69) is 30.2 Å². The molecule has 4 heterocycles. The van der Waals surface area contributed by atoms with Gasteiger partial charge in [-0.15, -0.1) is 0 Å². The SMILES string of the molecule is Cc1ccnc(Nc2cc(N3CCN(S(=O)(=O)c4cn(C)c(C(C)C)n4)CC3)nc(C)n2)c1. The summed E-state index contributed by atoms with van der Waals surface area (Å²) in [6.45, 7) is 9.63. The minimum Gasteiger partial charge on any atom is -0.354 e. The Bertz CT molecular complexity index is 1250. The van der Waals surface area contributed by atoms with Crippen LogP contribution < -0.4 is 10.2 Å². The van der Waals surface area contributed by atoms with E-state index in [4.69, 9.17) is 0 Å². The van der Waals surface area contributed by atoms with E-state index >= 15 is 0 Å². The highest BCUT2D eigenvalue weighted by molar-refractivity contribution is 7.89. The Labute approximate surface area is 194 Å². The third kappa shape index (κ3) is 4.98. The molecule has 4 rings (SSSR count). The number of hydrogen-bond acceptors (Lipinski definition) is 8. The Morgan fingerprint density at radius 1 is 1.00 bits per heavy atom. The predicted molar refractivity (Wildman–Crippen MR) is 127 cm³/mol. The number of nitrogens with zero attached hydrogens (tertiary/aromatic N) is 7. The fourth-order valence-electron chi connectivity index (χ4n) is 3.92. The highest BCUT2D eigenvalue weighted by atomic mass is 32.2. The van der Waals surface area contributed by atoms with Crippen LogP contribution in [0.1, 0.15) is 37.0 Å². The van der Waals surface area contributed by atoms with Crippen LogP contribution in [0, 0.1) is 13.8 Å². The van der Waals surface area contributed by atoms with Crippen LogP contribution in [0.2, 0.25) is 0 Å². The van der Waals surface area contributed by atoms with Crippen LogP contribution in [0.5, 0.6) is 0 Å². The van der Waals surface area contributed by atoms with Gasteiger partial charge in [-0.3, -0.25) is 0 Å². The topological polar surface area (TPSA) is 109 Å². The van der Waals surface area contributed by atoms with Crippen molar-refractivity contribution in [2.24, 2.45) is 7.05 Å². The first-order valence-corrected chi connectivity index (χ1v) is 12.4. The number of imidazole rings is 1. The van der Waals surface area contributed by atoms with Gasteiger partial charge in [0.05, 0.1) is 0 Å². The van der Waals surface area contributed by atoms with Crippen molar-refractivity contribution < 1.29 is 8.42 Å². The van der Waals surface area contributed by atoms with Crippen molar-refractivity contribution in [2.75, 3.05) is 36.4 Å². The van der Waals surface area contributed by atoms with E-state index in [1.165, 1.54) is 4.31 Å². The molecule has 0 radical (unpaired) electrons. The summed E-state index contributed by atoms with van der Waals surface area (Å²) in [5.41, 5.74) is 1.10. The summed E-state index contributed by atoms with van der Waals surface area (Å²) in [6.07, 6.45) is 3.35. The van der Waals surface area contributed by atoms with Crippen molar-refractivity contribution in [3.63, 3.8) is 0 Å². The van der Waals surface area contributed by atoms with E-state index < -0.39 is 10.0 Å². The predicted octanol–water partition coefficient (Wildman–Crippen LogP) is 2.60. The Morgan fingerprint density at radius 3 is 2.36 bits per heavy atom. The van der Waals surface area contributed by atoms with E-state index in [0.717, 1.165) is 17.2 Å². The van der Waals surface area contributed by atoms with Gasteiger partial charge in [0.25, 0.3) is 10.0 Å². The zero-order valence-corrected chi connectivity index (χ0v) is 20.5. The number of aryl methyl sites for hydroxylation is 3. The molecule has 1 aliphatic heterocycles. The van der Waals surface area contributed by atoms with E-state index in [9.17, 15) is 8.42 Å². The van der Waals surface area contributed by atoms with Crippen LogP contribution in [0.3, 0.4) is 0 Å². The molecule has 0 amide bonds. The summed E-state index contributed by atoms with van der Waals surface area (Å²) < 4.78 is 29.6. The third-order valence-corrected chi connectivity index (χ3v) is 7.34. The molecule has 0 bridgehead atoms. The fourth-order valence-corrected chi connectivity index (χ4v) is 5.33. The summed E-state index contributed by atoms with van der Waals surface area (Å²) in [6, 6.07) is 5.75. The van der Waals surface area contributed by atoms with Crippen molar-refractivity contribution >= 4 is 27.5 Å². The van der Waals surface area contributed by atoms with Crippen LogP contribution in [0.25, 0.3) is 0 Å². The first-order chi connectivity index (χ1) is 15.6. The zero-order valence-electron chi connectivity index (χ0n) is 19.6. The summed E-state index contributed by atoms with van der Waals surface area (Å²) in [5.74, 6) is 3.66. The number of hydrogen-bond donors (Lipinski definition) is 1. The molecule has 1 aliphatic rings. The number of sulfonamides is 1. The molecule has 1 N–H and O–H groups in total. The van der Waals surface area contributed by atoms with Crippen LogP contribution in [-0.2, 0) is 17.1 Å². The van der Waals surface area contributed by atoms with Crippen LogP contribution in [0.15, 0.2) is 35.6 Å². The number of piperazine rings is 1. The van der Waals surface area contributed by atoms with E-state index in [1.54, 1.807) is 17.0 Å². The summed E-state index contributed by atoms with van der Waals surface area (Å²) in [4.78, 5) is 19.8. The molecule has 1 fully saturated rings. The van der Waals surface area contributed by atoms with Gasteiger partial charge in [-0.05, 0) is 31.5 Å². The number of nitrogens with one attached hydrogen (secondary N) is 1. The Kier molecular flexibility index (Phi) is 6.35. The Morgan fingerprint density at radius 2 is 1.73 bits per heavy atom. The Hall–Kier alpha value is -3.05. The van der Waals surface area contributed by atoms with Gasteiger partial charge in [0.1, 0.15) is 29.1 Å². The van der Waals surface area contributed by atoms with Gasteiger partial charge < -0.3 is 14.8 Å². The molecule has 0 spiro atoms. The standard InChI is InChI=1S/C22H30N8O2S/c1-15(2)22-27-21(14-28(22)5)33(31,32)30-10-8-29(9-11-30)20-13-19(24-17(4)25-20)26-18-12-16(3)6-7-23-18/h6-7,12-15H,8-11H2,1-5H3,(H,23,24,25,26). The van der Waals surface area contributed by atoms with Gasteiger partial charge in [-0.1, -0.05) is 13.8 Å². The number of aromatic nitrogens is 5. The van der Waals surface area contributed by atoms with Crippen molar-refractivity contribution in [2.45, 2.75) is 38.6 Å². The number of rotatable bonds is 6. The lowest BCUT2D eigenvalue weighted by Gasteiger charge is -2.34. The zero-order chi connectivity index (χ0) is 23.8. The average molecular weight is 471 g/mol. The molecule has 3 aromatic heterocycles. The lowest BCUT2D eigenvalue weighted by molar-refractivity contribution is 0.382. The van der Waals surface area contributed by atoms with Gasteiger partial charge in [-0.25, -0.2) is 28.4 Å². The van der Waals surface area contributed by atoms with E-state index in [0.29, 0.717) is 43.6 Å². The minimum absolute atomic E-state index is 0.108. The molecule has 176 valence electrons. The van der Waals surface area contributed by atoms with Gasteiger partial charge in [0.15, 0.2) is 5.03 Å². The van der Waals surface area contributed by atoms with Crippen LogP contribution in [-0.4, -0.2) is 63.4 Å². The summed E-state index contributed by atoms with van der Waals surface area (Å²) in [5, 5.41) is 3.34. The lowest BCUT2D eigenvalue weighted by atomic mass is 10.2. The van der Waals surface area contributed by atoms with Crippen molar-refractivity contribution in [1.29, 1.82) is 0 Å². The second-order valence-corrected chi connectivity index (χ2v) is 10.5. The molecule has 33 heavy (non-hydrogen) atoms. The molecule has 0 aromatic carbocycles. The van der Waals surface area contributed by atoms with Crippen LogP contribution in [0.4, 0.5) is 17.5 Å². The second-order valence-electron chi connectivity index (χ2n) is 8.60. The molecule has 0 aliphatic carbocycles. The largest absolute Gasteiger partial charge is 0.354 e. The fraction of sp³-hybridized carbons (Fsp3) is 0.455. The second kappa shape index (κ2) is 9.06. The molecule has 3 aromatic rings. The molecular formula is C22H30N8O2S. The molecule has 11 heteroatoms. The number of anilines is 3. The maximum Gasteiger partial charge on any atom is 0.262 e. The molecule has 0 saturated carbocycles. The normalized spacial score (nSPS) is 15.3. The minimum atomic E-state index is -3.64. The molecule has 0 atom stereocenters. The summed E-state index contributed by atoms with van der Waals surface area (Å²) in [7, 11) is -1.81. The smallest absolute Gasteiger partial charge is 0.262 e. The number of pyridine rings is 1.